The van der Waals surface area contributed by atoms with Gasteiger partial charge in [-0.2, -0.15) is 0 Å². The second-order valence-electron chi connectivity index (χ2n) is 5.65. The third kappa shape index (κ3) is 3.93. The number of carboxylic acids is 1. The lowest BCUT2D eigenvalue weighted by molar-refractivity contribution is -0.150. The third-order valence-electron chi connectivity index (χ3n) is 4.15. The molecule has 1 saturated heterocycles. The zero-order valence-corrected chi connectivity index (χ0v) is 11.4. The van der Waals surface area contributed by atoms with Crippen LogP contribution in [-0.4, -0.2) is 47.2 Å². The van der Waals surface area contributed by atoms with Crippen LogP contribution in [0.3, 0.4) is 0 Å². The molecular formula is C14H23NO4. The average molecular weight is 269 g/mol. The maximum atomic E-state index is 12.1. The topological polar surface area (TPSA) is 66.8 Å². The van der Waals surface area contributed by atoms with Crippen molar-refractivity contribution in [1.82, 2.24) is 4.90 Å². The lowest BCUT2D eigenvalue weighted by atomic mass is 9.99. The fraction of sp³-hybridized carbons (Fsp3) is 0.857. The van der Waals surface area contributed by atoms with Crippen LogP contribution in [-0.2, 0) is 14.3 Å². The molecule has 0 radical (unpaired) electrons. The largest absolute Gasteiger partial charge is 0.481 e. The molecule has 19 heavy (non-hydrogen) atoms. The average Bonchev–Trinajstić information content (AvgIpc) is 2.82. The Morgan fingerprint density at radius 3 is 2.53 bits per heavy atom. The number of unbranched alkanes of at least 4 members (excludes halogenated alkanes) is 1. The van der Waals surface area contributed by atoms with Gasteiger partial charge in [-0.1, -0.05) is 12.8 Å². The number of amides is 1. The zero-order valence-electron chi connectivity index (χ0n) is 11.4. The molecule has 0 unspecified atom stereocenters. The minimum absolute atomic E-state index is 0.0744. The van der Waals surface area contributed by atoms with Crippen molar-refractivity contribution in [2.45, 2.75) is 57.0 Å². The first-order valence-corrected chi connectivity index (χ1v) is 7.25. The molecule has 2 rings (SSSR count). The summed E-state index contributed by atoms with van der Waals surface area (Å²) >= 11 is 0. The van der Waals surface area contributed by atoms with Gasteiger partial charge in [-0.25, -0.2) is 0 Å². The Labute approximate surface area is 113 Å². The lowest BCUT2D eigenvalue weighted by Gasteiger charge is -2.40. The van der Waals surface area contributed by atoms with Gasteiger partial charge in [0, 0.05) is 25.9 Å². The van der Waals surface area contributed by atoms with Crippen LogP contribution >= 0.6 is 0 Å². The molecule has 0 aromatic heterocycles. The minimum Gasteiger partial charge on any atom is -0.481 e. The van der Waals surface area contributed by atoms with Crippen LogP contribution in [0.2, 0.25) is 0 Å². The van der Waals surface area contributed by atoms with Crippen molar-refractivity contribution in [3.63, 3.8) is 0 Å². The van der Waals surface area contributed by atoms with Gasteiger partial charge in [0.1, 0.15) is 0 Å². The molecule has 1 amide bonds. The van der Waals surface area contributed by atoms with E-state index in [0.717, 1.165) is 19.4 Å². The van der Waals surface area contributed by atoms with Crippen LogP contribution in [0.25, 0.3) is 0 Å². The van der Waals surface area contributed by atoms with Gasteiger partial charge in [-0.05, 0) is 25.7 Å². The standard InChI is InChI=1S/C14H23NO4/c16-12(5-1-2-6-13(17)18)15-9-10-19-14(11-15)7-3-4-8-14/h1-11H2,(H,17,18). The quantitative estimate of drug-likeness (QED) is 0.773. The second-order valence-corrected chi connectivity index (χ2v) is 5.65. The normalized spacial score (nSPS) is 21.8. The van der Waals surface area contributed by atoms with Crippen molar-refractivity contribution >= 4 is 11.9 Å². The zero-order chi connectivity index (χ0) is 13.7. The van der Waals surface area contributed by atoms with Gasteiger partial charge >= 0.3 is 5.97 Å². The molecule has 5 nitrogen and oxygen atoms in total. The predicted molar refractivity (Wildman–Crippen MR) is 69.8 cm³/mol. The molecule has 0 bridgehead atoms. The lowest BCUT2D eigenvalue weighted by Crippen LogP contribution is -2.52. The number of carbonyl (C=O) groups excluding carboxylic acids is 1. The van der Waals surface area contributed by atoms with E-state index in [2.05, 4.69) is 0 Å². The molecule has 1 aliphatic carbocycles. The monoisotopic (exact) mass is 269 g/mol. The fourth-order valence-corrected chi connectivity index (χ4v) is 3.09. The molecule has 2 aliphatic rings. The van der Waals surface area contributed by atoms with Crippen molar-refractivity contribution in [3.05, 3.63) is 0 Å². The van der Waals surface area contributed by atoms with E-state index in [1.165, 1.54) is 12.8 Å². The number of hydrogen-bond acceptors (Lipinski definition) is 3. The highest BCUT2D eigenvalue weighted by molar-refractivity contribution is 5.76. The fourth-order valence-electron chi connectivity index (χ4n) is 3.09. The molecule has 1 aliphatic heterocycles. The van der Waals surface area contributed by atoms with Crippen molar-refractivity contribution in [1.29, 1.82) is 0 Å². The van der Waals surface area contributed by atoms with Crippen LogP contribution in [0.5, 0.6) is 0 Å². The SMILES string of the molecule is O=C(O)CCCCC(=O)N1CCOC2(CCCC2)C1. The van der Waals surface area contributed by atoms with E-state index in [1.807, 2.05) is 4.90 Å². The summed E-state index contributed by atoms with van der Waals surface area (Å²) < 4.78 is 5.89. The molecule has 0 atom stereocenters. The van der Waals surface area contributed by atoms with E-state index in [-0.39, 0.29) is 17.9 Å². The van der Waals surface area contributed by atoms with E-state index < -0.39 is 5.97 Å². The van der Waals surface area contributed by atoms with Gasteiger partial charge in [-0.15, -0.1) is 0 Å². The van der Waals surface area contributed by atoms with Gasteiger partial charge in [-0.3, -0.25) is 9.59 Å². The maximum Gasteiger partial charge on any atom is 0.303 e. The van der Waals surface area contributed by atoms with E-state index in [0.29, 0.717) is 32.4 Å². The van der Waals surface area contributed by atoms with E-state index in [4.69, 9.17) is 9.84 Å². The number of morpholine rings is 1. The third-order valence-corrected chi connectivity index (χ3v) is 4.15. The van der Waals surface area contributed by atoms with Crippen LogP contribution in [0, 0.1) is 0 Å². The molecular weight excluding hydrogens is 246 g/mol. The van der Waals surface area contributed by atoms with Crippen LogP contribution in [0.4, 0.5) is 0 Å². The first-order chi connectivity index (χ1) is 9.11. The Morgan fingerprint density at radius 2 is 1.84 bits per heavy atom. The summed E-state index contributed by atoms with van der Waals surface area (Å²) in [5.74, 6) is -0.635. The highest BCUT2D eigenvalue weighted by Gasteiger charge is 2.40. The molecule has 1 spiro atoms. The molecule has 108 valence electrons. The first kappa shape index (κ1) is 14.3. The Bertz CT molecular complexity index is 336. The molecule has 0 aromatic rings. The van der Waals surface area contributed by atoms with Crippen LogP contribution in [0.1, 0.15) is 51.4 Å². The summed E-state index contributed by atoms with van der Waals surface area (Å²) in [7, 11) is 0. The Balaban J connectivity index is 1.74. The minimum atomic E-state index is -0.788. The summed E-state index contributed by atoms with van der Waals surface area (Å²) in [6.07, 6.45) is 6.38. The Kier molecular flexibility index (Phi) is 4.80. The molecule has 1 N–H and O–H groups in total. The maximum absolute atomic E-state index is 12.1. The van der Waals surface area contributed by atoms with E-state index >= 15 is 0 Å². The van der Waals surface area contributed by atoms with Gasteiger partial charge in [0.25, 0.3) is 0 Å². The Hall–Kier alpha value is -1.10. The van der Waals surface area contributed by atoms with Gasteiger partial charge in [0.05, 0.1) is 12.2 Å². The van der Waals surface area contributed by atoms with E-state index in [1.54, 1.807) is 0 Å². The van der Waals surface area contributed by atoms with Crippen molar-refractivity contribution in [2.24, 2.45) is 0 Å². The molecule has 0 aromatic carbocycles. The number of ether oxygens (including phenoxy) is 1. The highest BCUT2D eigenvalue weighted by atomic mass is 16.5. The predicted octanol–water partition coefficient (Wildman–Crippen LogP) is 1.80. The number of rotatable bonds is 5. The van der Waals surface area contributed by atoms with Crippen molar-refractivity contribution < 1.29 is 19.4 Å². The van der Waals surface area contributed by atoms with E-state index in [9.17, 15) is 9.59 Å². The number of nitrogens with zero attached hydrogens (tertiary/aromatic N) is 1. The smallest absolute Gasteiger partial charge is 0.303 e. The summed E-state index contributed by atoms with van der Waals surface area (Å²) in [6, 6.07) is 0. The number of carbonyl (C=O) groups is 2. The summed E-state index contributed by atoms with van der Waals surface area (Å²) in [5, 5.41) is 8.55. The van der Waals surface area contributed by atoms with Gasteiger partial charge in [0.2, 0.25) is 5.91 Å². The van der Waals surface area contributed by atoms with Gasteiger partial charge < -0.3 is 14.7 Å². The first-order valence-electron chi connectivity index (χ1n) is 7.25. The molecule has 5 heteroatoms. The number of aliphatic carboxylic acids is 1. The van der Waals surface area contributed by atoms with Crippen LogP contribution < -0.4 is 0 Å². The van der Waals surface area contributed by atoms with Crippen molar-refractivity contribution in [3.8, 4) is 0 Å². The molecule has 1 heterocycles. The summed E-state index contributed by atoms with van der Waals surface area (Å²) in [6.45, 7) is 2.05. The Morgan fingerprint density at radius 1 is 1.16 bits per heavy atom. The second kappa shape index (κ2) is 6.37. The molecule has 1 saturated carbocycles. The van der Waals surface area contributed by atoms with Crippen molar-refractivity contribution in [2.75, 3.05) is 19.7 Å². The molecule has 2 fully saturated rings. The summed E-state index contributed by atoms with van der Waals surface area (Å²) in [4.78, 5) is 24.4. The van der Waals surface area contributed by atoms with Crippen LogP contribution in [0.15, 0.2) is 0 Å². The highest BCUT2D eigenvalue weighted by Crippen LogP contribution is 2.35. The summed E-state index contributed by atoms with van der Waals surface area (Å²) in [5.41, 5.74) is -0.0744. The van der Waals surface area contributed by atoms with Gasteiger partial charge in [0.15, 0.2) is 0 Å². The number of hydrogen-bond donors (Lipinski definition) is 1. The number of carboxylic acid groups (broad SMARTS) is 1.